The van der Waals surface area contributed by atoms with Crippen molar-refractivity contribution < 1.29 is 9.90 Å². The average Bonchev–Trinajstić information content (AvgIpc) is 3.00. The van der Waals surface area contributed by atoms with E-state index < -0.39 is 0 Å². The Morgan fingerprint density at radius 2 is 1.93 bits per heavy atom. The highest BCUT2D eigenvalue weighted by Crippen LogP contribution is 2.19. The van der Waals surface area contributed by atoms with E-state index in [0.717, 1.165) is 38.5 Å². The zero-order valence-corrected chi connectivity index (χ0v) is 9.04. The van der Waals surface area contributed by atoms with Crippen LogP contribution >= 0.6 is 0 Å². The van der Waals surface area contributed by atoms with Gasteiger partial charge in [0, 0.05) is 12.1 Å². The molecule has 2 saturated carbocycles. The summed E-state index contributed by atoms with van der Waals surface area (Å²) in [4.78, 5) is 11.4. The van der Waals surface area contributed by atoms with Crippen molar-refractivity contribution in [3.8, 4) is 0 Å². The smallest absolute Gasteiger partial charge is 0.234 e. The Kier molecular flexibility index (Phi) is 3.59. The number of hydrogen-bond donors (Lipinski definition) is 3. The number of aliphatic hydroxyl groups is 1. The molecule has 4 heteroatoms. The fourth-order valence-corrected chi connectivity index (χ4v) is 2.08. The maximum atomic E-state index is 11.4. The Hall–Kier alpha value is -0.610. The number of rotatable bonds is 4. The summed E-state index contributed by atoms with van der Waals surface area (Å²) >= 11 is 0. The van der Waals surface area contributed by atoms with Crippen LogP contribution in [0.2, 0.25) is 0 Å². The third-order valence-corrected chi connectivity index (χ3v) is 3.20. The lowest BCUT2D eigenvalue weighted by Crippen LogP contribution is -2.46. The minimum Gasteiger partial charge on any atom is -0.392 e. The molecule has 0 heterocycles. The highest BCUT2D eigenvalue weighted by molar-refractivity contribution is 5.78. The normalized spacial score (nSPS) is 31.3. The van der Waals surface area contributed by atoms with Crippen molar-refractivity contribution in [3.05, 3.63) is 0 Å². The van der Waals surface area contributed by atoms with E-state index in [2.05, 4.69) is 10.6 Å². The number of hydrogen-bond acceptors (Lipinski definition) is 3. The van der Waals surface area contributed by atoms with E-state index >= 15 is 0 Å². The molecule has 3 N–H and O–H groups in total. The lowest BCUT2D eigenvalue weighted by molar-refractivity contribution is -0.120. The lowest BCUT2D eigenvalue weighted by atomic mass is 9.93. The molecule has 1 amide bonds. The van der Waals surface area contributed by atoms with Crippen LogP contribution in [0.1, 0.15) is 38.5 Å². The van der Waals surface area contributed by atoms with E-state index in [1.54, 1.807) is 0 Å². The van der Waals surface area contributed by atoms with Gasteiger partial charge in [-0.05, 0) is 25.7 Å². The van der Waals surface area contributed by atoms with Gasteiger partial charge in [-0.15, -0.1) is 0 Å². The molecule has 0 aliphatic heterocycles. The number of carbonyl (C=O) groups excluding carboxylic acids is 1. The monoisotopic (exact) mass is 212 g/mol. The molecule has 0 aromatic carbocycles. The molecule has 2 aliphatic carbocycles. The quantitative estimate of drug-likeness (QED) is 0.622. The zero-order chi connectivity index (χ0) is 10.7. The van der Waals surface area contributed by atoms with E-state index in [1.165, 1.54) is 0 Å². The van der Waals surface area contributed by atoms with Crippen LogP contribution in [-0.4, -0.2) is 35.7 Å². The highest BCUT2D eigenvalue weighted by Gasteiger charge is 2.25. The summed E-state index contributed by atoms with van der Waals surface area (Å²) in [5.74, 6) is 0.0651. The Balaban J connectivity index is 1.64. The van der Waals surface area contributed by atoms with Crippen LogP contribution in [0.5, 0.6) is 0 Å². The number of aliphatic hydroxyl groups excluding tert-OH is 1. The molecule has 0 radical (unpaired) electrons. The first-order valence-corrected chi connectivity index (χ1v) is 5.96. The Bertz CT molecular complexity index is 229. The largest absolute Gasteiger partial charge is 0.392 e. The van der Waals surface area contributed by atoms with Gasteiger partial charge in [-0.2, -0.15) is 0 Å². The Morgan fingerprint density at radius 3 is 2.60 bits per heavy atom. The lowest BCUT2D eigenvalue weighted by Gasteiger charge is -2.28. The SMILES string of the molecule is O=C(CN[C@H]1CCCC[C@@H]1O)NC1CC1. The van der Waals surface area contributed by atoms with Crippen molar-refractivity contribution >= 4 is 5.91 Å². The molecule has 0 aromatic rings. The summed E-state index contributed by atoms with van der Waals surface area (Å²) < 4.78 is 0. The first kappa shape index (κ1) is 10.9. The van der Waals surface area contributed by atoms with E-state index in [9.17, 15) is 9.90 Å². The molecule has 2 atom stereocenters. The van der Waals surface area contributed by atoms with E-state index in [-0.39, 0.29) is 18.1 Å². The van der Waals surface area contributed by atoms with Crippen molar-refractivity contribution in [2.45, 2.75) is 56.7 Å². The average molecular weight is 212 g/mol. The van der Waals surface area contributed by atoms with Gasteiger partial charge in [0.05, 0.1) is 12.6 Å². The van der Waals surface area contributed by atoms with Crippen LogP contribution in [0.4, 0.5) is 0 Å². The molecule has 0 saturated heterocycles. The first-order chi connectivity index (χ1) is 7.25. The van der Waals surface area contributed by atoms with Crippen LogP contribution < -0.4 is 10.6 Å². The maximum Gasteiger partial charge on any atom is 0.234 e. The van der Waals surface area contributed by atoms with Crippen LogP contribution in [-0.2, 0) is 4.79 Å². The Morgan fingerprint density at radius 1 is 1.20 bits per heavy atom. The van der Waals surface area contributed by atoms with Gasteiger partial charge in [-0.25, -0.2) is 0 Å². The second-order valence-corrected chi connectivity index (χ2v) is 4.68. The third-order valence-electron chi connectivity index (χ3n) is 3.20. The standard InChI is InChI=1S/C11H20N2O2/c14-10-4-2-1-3-9(10)12-7-11(15)13-8-5-6-8/h8-10,12,14H,1-7H2,(H,13,15)/t9-,10-/m0/s1. The fraction of sp³-hybridized carbons (Fsp3) is 0.909. The van der Waals surface area contributed by atoms with Gasteiger partial charge in [0.2, 0.25) is 5.91 Å². The second-order valence-electron chi connectivity index (χ2n) is 4.68. The zero-order valence-electron chi connectivity index (χ0n) is 9.04. The second kappa shape index (κ2) is 4.94. The van der Waals surface area contributed by atoms with Crippen molar-refractivity contribution in [1.29, 1.82) is 0 Å². The van der Waals surface area contributed by atoms with Gasteiger partial charge in [0.15, 0.2) is 0 Å². The van der Waals surface area contributed by atoms with Crippen LogP contribution in [0.25, 0.3) is 0 Å². The van der Waals surface area contributed by atoms with E-state index in [4.69, 9.17) is 0 Å². The molecule has 2 aliphatic rings. The van der Waals surface area contributed by atoms with Crippen molar-refractivity contribution in [2.24, 2.45) is 0 Å². The predicted molar refractivity (Wildman–Crippen MR) is 57.4 cm³/mol. The fourth-order valence-electron chi connectivity index (χ4n) is 2.08. The molecule has 15 heavy (non-hydrogen) atoms. The summed E-state index contributed by atoms with van der Waals surface area (Å²) in [6.45, 7) is 0.345. The van der Waals surface area contributed by atoms with E-state index in [0.29, 0.717) is 12.6 Å². The summed E-state index contributed by atoms with van der Waals surface area (Å²) in [5, 5.41) is 15.7. The number of amides is 1. The van der Waals surface area contributed by atoms with Crippen LogP contribution in [0.3, 0.4) is 0 Å². The summed E-state index contributed by atoms with van der Waals surface area (Å²) in [6, 6.07) is 0.541. The van der Waals surface area contributed by atoms with Crippen molar-refractivity contribution in [1.82, 2.24) is 10.6 Å². The van der Waals surface area contributed by atoms with Crippen LogP contribution in [0.15, 0.2) is 0 Å². The molecule has 0 aromatic heterocycles. The molecular weight excluding hydrogens is 192 g/mol. The van der Waals surface area contributed by atoms with Gasteiger partial charge in [0.1, 0.15) is 0 Å². The molecule has 0 spiro atoms. The first-order valence-electron chi connectivity index (χ1n) is 5.96. The van der Waals surface area contributed by atoms with Crippen molar-refractivity contribution in [2.75, 3.05) is 6.54 Å². The molecule has 2 rings (SSSR count). The minimum absolute atomic E-state index is 0.0651. The van der Waals surface area contributed by atoms with Gasteiger partial charge in [0.25, 0.3) is 0 Å². The molecule has 0 unspecified atom stereocenters. The molecule has 2 fully saturated rings. The summed E-state index contributed by atoms with van der Waals surface area (Å²) in [6.07, 6.45) is 6.08. The van der Waals surface area contributed by atoms with Gasteiger partial charge in [-0.1, -0.05) is 12.8 Å². The highest BCUT2D eigenvalue weighted by atomic mass is 16.3. The molecule has 86 valence electrons. The summed E-state index contributed by atoms with van der Waals surface area (Å²) in [5.41, 5.74) is 0. The molecule has 4 nitrogen and oxygen atoms in total. The molecular formula is C11H20N2O2. The summed E-state index contributed by atoms with van der Waals surface area (Å²) in [7, 11) is 0. The van der Waals surface area contributed by atoms with Gasteiger partial charge < -0.3 is 15.7 Å². The number of nitrogens with one attached hydrogen (secondary N) is 2. The van der Waals surface area contributed by atoms with Crippen molar-refractivity contribution in [3.63, 3.8) is 0 Å². The topological polar surface area (TPSA) is 61.4 Å². The van der Waals surface area contributed by atoms with Crippen LogP contribution in [0, 0.1) is 0 Å². The van der Waals surface area contributed by atoms with Gasteiger partial charge >= 0.3 is 0 Å². The molecule has 0 bridgehead atoms. The Labute approximate surface area is 90.4 Å². The van der Waals surface area contributed by atoms with E-state index in [1.807, 2.05) is 0 Å². The number of carbonyl (C=O) groups is 1. The minimum atomic E-state index is -0.271. The predicted octanol–water partition coefficient (Wildman–Crippen LogP) is 0.158. The van der Waals surface area contributed by atoms with Gasteiger partial charge in [-0.3, -0.25) is 4.79 Å². The maximum absolute atomic E-state index is 11.4. The third kappa shape index (κ3) is 3.47.